The van der Waals surface area contributed by atoms with Crippen LogP contribution in [0.5, 0.6) is 0 Å². The number of hydrogen-bond acceptors (Lipinski definition) is 5. The molecule has 1 atom stereocenters. The first-order chi connectivity index (χ1) is 13.2. The second-order valence-electron chi connectivity index (χ2n) is 5.49. The monoisotopic (exact) mass is 432 g/mol. The predicted octanol–water partition coefficient (Wildman–Crippen LogP) is 3.73. The van der Waals surface area contributed by atoms with E-state index in [1.807, 2.05) is 0 Å². The second kappa shape index (κ2) is 14.9. The van der Waals surface area contributed by atoms with Crippen LogP contribution in [-0.2, 0) is 23.9 Å². The third-order valence-corrected chi connectivity index (χ3v) is 3.55. The van der Waals surface area contributed by atoms with Crippen molar-refractivity contribution in [2.45, 2.75) is 39.2 Å². The largest absolute Gasteiger partial charge is 0.466 e. The first-order valence-corrected chi connectivity index (χ1v) is 9.34. The number of esters is 1. The Kier molecular flexibility index (Phi) is 13.8. The number of amides is 2. The average molecular weight is 433 g/mol. The first-order valence-electron chi connectivity index (χ1n) is 8.58. The molecule has 0 saturated heterocycles. The Morgan fingerprint density at radius 2 is 1.68 bits per heavy atom. The van der Waals surface area contributed by atoms with Crippen LogP contribution in [-0.4, -0.2) is 37.6 Å². The molecule has 1 aliphatic rings. The molecule has 28 heavy (non-hydrogen) atoms. The molecule has 156 valence electrons. The summed E-state index contributed by atoms with van der Waals surface area (Å²) in [4.78, 5) is 32.3. The number of carbonyl (C=O) groups excluding carboxylic acids is 3. The van der Waals surface area contributed by atoms with Gasteiger partial charge in [0, 0.05) is 29.8 Å². The summed E-state index contributed by atoms with van der Waals surface area (Å²) in [5, 5.41) is 3.15. The van der Waals surface area contributed by atoms with Gasteiger partial charge < -0.3 is 20.5 Å². The maximum atomic E-state index is 11.6. The van der Waals surface area contributed by atoms with Crippen molar-refractivity contribution >= 4 is 46.7 Å². The molecule has 1 aromatic rings. The number of nitrogens with one attached hydrogen (secondary N) is 1. The van der Waals surface area contributed by atoms with Crippen LogP contribution in [0.2, 0.25) is 10.0 Å². The summed E-state index contributed by atoms with van der Waals surface area (Å²) in [7, 11) is 1.21. The van der Waals surface area contributed by atoms with Gasteiger partial charge in [0.2, 0.25) is 6.10 Å². The summed E-state index contributed by atoms with van der Waals surface area (Å²) >= 11 is 11.5. The first kappa shape index (κ1) is 25.9. The summed E-state index contributed by atoms with van der Waals surface area (Å²) in [5.74, 6) is -1.77. The lowest BCUT2D eigenvalue weighted by molar-refractivity contribution is -0.140. The Morgan fingerprint density at radius 1 is 1.14 bits per heavy atom. The minimum absolute atomic E-state index is 0.211. The fourth-order valence-electron chi connectivity index (χ4n) is 1.98. The molecule has 0 fully saturated rings. The van der Waals surface area contributed by atoms with Crippen molar-refractivity contribution < 1.29 is 23.9 Å². The molecule has 0 heterocycles. The quantitative estimate of drug-likeness (QED) is 0.418. The van der Waals surface area contributed by atoms with Crippen LogP contribution in [0.1, 0.15) is 33.1 Å². The van der Waals surface area contributed by atoms with Crippen LogP contribution in [0.3, 0.4) is 0 Å². The molecular weight excluding hydrogens is 407 g/mol. The van der Waals surface area contributed by atoms with Crippen molar-refractivity contribution in [1.82, 2.24) is 0 Å². The van der Waals surface area contributed by atoms with Crippen LogP contribution < -0.4 is 11.1 Å². The van der Waals surface area contributed by atoms with E-state index in [1.54, 1.807) is 6.92 Å². The Hall–Kier alpha value is -2.09. The highest BCUT2D eigenvalue weighted by Gasteiger charge is 2.23. The normalized spacial score (nSPS) is 12.6. The van der Waals surface area contributed by atoms with E-state index >= 15 is 0 Å². The van der Waals surface area contributed by atoms with Crippen LogP contribution in [0, 0.1) is 0 Å². The lowest BCUT2D eigenvalue weighted by Gasteiger charge is -2.12. The summed E-state index contributed by atoms with van der Waals surface area (Å²) < 4.78 is 9.06. The van der Waals surface area contributed by atoms with Gasteiger partial charge >= 0.3 is 5.97 Å². The molecule has 9 heteroatoms. The van der Waals surface area contributed by atoms with E-state index in [-0.39, 0.29) is 5.97 Å². The van der Waals surface area contributed by atoms with Gasteiger partial charge in [0.15, 0.2) is 0 Å². The second-order valence-corrected chi connectivity index (χ2v) is 6.37. The van der Waals surface area contributed by atoms with Crippen molar-refractivity contribution in [3.8, 4) is 0 Å². The number of hydrogen-bond donors (Lipinski definition) is 2. The van der Waals surface area contributed by atoms with Gasteiger partial charge in [-0.05, 0) is 44.4 Å². The van der Waals surface area contributed by atoms with E-state index in [9.17, 15) is 14.4 Å². The van der Waals surface area contributed by atoms with Crippen LogP contribution in [0.15, 0.2) is 30.4 Å². The molecule has 0 radical (unpaired) electrons. The fraction of sp³-hybridized carbons (Fsp3) is 0.421. The number of primary amides is 1. The molecule has 1 aliphatic carbocycles. The van der Waals surface area contributed by atoms with Crippen molar-refractivity contribution in [3.63, 3.8) is 0 Å². The minimum Gasteiger partial charge on any atom is -0.466 e. The zero-order valence-corrected chi connectivity index (χ0v) is 17.7. The van der Waals surface area contributed by atoms with Gasteiger partial charge in [0.05, 0.1) is 6.61 Å². The summed E-state index contributed by atoms with van der Waals surface area (Å²) in [6.45, 7) is 3.65. The third-order valence-electron chi connectivity index (χ3n) is 3.12. The molecule has 3 N–H and O–H groups in total. The summed E-state index contributed by atoms with van der Waals surface area (Å²) in [6, 6.07) is 4.48. The van der Waals surface area contributed by atoms with Crippen molar-refractivity contribution in [2.75, 3.05) is 19.0 Å². The molecule has 0 bridgehead atoms. The lowest BCUT2D eigenvalue weighted by atomic mass is 10.2. The SMILES string of the molecule is C1=CCCC1.CCOC(C)=O.COC(C(N)=O)C(=O)Nc1cc(Cl)cc(Cl)c1. The molecule has 0 spiro atoms. The molecular formula is C19H26Cl2N2O5. The van der Waals surface area contributed by atoms with Crippen LogP contribution in [0.25, 0.3) is 0 Å². The number of nitrogens with two attached hydrogens (primary N) is 1. The molecule has 2 amide bonds. The Morgan fingerprint density at radius 3 is 1.96 bits per heavy atom. The smallest absolute Gasteiger partial charge is 0.302 e. The number of allylic oxidation sites excluding steroid dienone is 2. The van der Waals surface area contributed by atoms with Gasteiger partial charge in [0.25, 0.3) is 11.8 Å². The van der Waals surface area contributed by atoms with E-state index in [1.165, 1.54) is 51.5 Å². The number of ether oxygens (including phenoxy) is 2. The van der Waals surface area contributed by atoms with Crippen molar-refractivity contribution in [2.24, 2.45) is 5.73 Å². The standard InChI is InChI=1S/C10H10Cl2N2O3.C5H8.C4H8O2/c1-17-8(9(13)15)10(16)14-7-3-5(11)2-6(12)4-7;1-2-4-5-3-1;1-3-6-4(2)5/h2-4,8H,1H3,(H2,13,15)(H,14,16);1-2H,3-5H2;3H2,1-2H3. The highest BCUT2D eigenvalue weighted by atomic mass is 35.5. The molecule has 0 aliphatic heterocycles. The van der Waals surface area contributed by atoms with E-state index in [0.29, 0.717) is 22.3 Å². The number of benzene rings is 1. The maximum Gasteiger partial charge on any atom is 0.302 e. The number of anilines is 1. The molecule has 2 rings (SSSR count). The summed E-state index contributed by atoms with van der Waals surface area (Å²) in [5.41, 5.74) is 5.34. The lowest BCUT2D eigenvalue weighted by Crippen LogP contribution is -2.40. The van der Waals surface area contributed by atoms with Crippen LogP contribution in [0.4, 0.5) is 5.69 Å². The Bertz CT molecular complexity index is 654. The van der Waals surface area contributed by atoms with Gasteiger partial charge in [-0.25, -0.2) is 0 Å². The van der Waals surface area contributed by atoms with Crippen molar-refractivity contribution in [3.05, 3.63) is 40.4 Å². The number of methoxy groups -OCH3 is 1. The highest BCUT2D eigenvalue weighted by Crippen LogP contribution is 2.22. The van der Waals surface area contributed by atoms with Gasteiger partial charge in [-0.1, -0.05) is 35.4 Å². The van der Waals surface area contributed by atoms with Gasteiger partial charge in [0.1, 0.15) is 0 Å². The highest BCUT2D eigenvalue weighted by molar-refractivity contribution is 6.35. The maximum absolute atomic E-state index is 11.6. The number of carbonyl (C=O) groups is 3. The number of halogens is 2. The zero-order valence-electron chi connectivity index (χ0n) is 16.2. The van der Waals surface area contributed by atoms with E-state index in [2.05, 4.69) is 26.9 Å². The van der Waals surface area contributed by atoms with Crippen LogP contribution >= 0.6 is 23.2 Å². The van der Waals surface area contributed by atoms with Gasteiger partial charge in [-0.3, -0.25) is 14.4 Å². The van der Waals surface area contributed by atoms with E-state index < -0.39 is 17.9 Å². The topological polar surface area (TPSA) is 108 Å². The fourth-order valence-corrected chi connectivity index (χ4v) is 2.50. The zero-order chi connectivity index (χ0) is 21.5. The Labute approximate surface area is 175 Å². The minimum atomic E-state index is -1.35. The van der Waals surface area contributed by atoms with Crippen molar-refractivity contribution in [1.29, 1.82) is 0 Å². The molecule has 0 aromatic heterocycles. The van der Waals surface area contributed by atoms with Gasteiger partial charge in [-0.2, -0.15) is 0 Å². The predicted molar refractivity (Wildman–Crippen MR) is 110 cm³/mol. The average Bonchev–Trinajstić information content (AvgIpc) is 3.14. The van der Waals surface area contributed by atoms with Gasteiger partial charge in [-0.15, -0.1) is 0 Å². The van der Waals surface area contributed by atoms with E-state index in [4.69, 9.17) is 28.9 Å². The Balaban J connectivity index is 0.000000537. The molecule has 1 aromatic carbocycles. The third kappa shape index (κ3) is 12.3. The molecule has 7 nitrogen and oxygen atoms in total. The summed E-state index contributed by atoms with van der Waals surface area (Å²) in [6.07, 6.45) is 7.15. The molecule has 1 unspecified atom stereocenters. The van der Waals surface area contributed by atoms with E-state index in [0.717, 1.165) is 0 Å². The molecule has 0 saturated carbocycles. The number of rotatable bonds is 5.